The third-order valence-electron chi connectivity index (χ3n) is 2.56. The van der Waals surface area contributed by atoms with Crippen LogP contribution in [0.1, 0.15) is 32.4 Å². The van der Waals surface area contributed by atoms with Crippen LogP contribution in [-0.2, 0) is 4.79 Å². The smallest absolute Gasteiger partial charge is 0.240 e. The highest BCUT2D eigenvalue weighted by Gasteiger charge is 2.28. The SMILES string of the molecule is CC(NC(=O)C(C)(C)C#N)c1ccc(Br)cc1. The largest absolute Gasteiger partial charge is 0.348 e. The summed E-state index contributed by atoms with van der Waals surface area (Å²) in [7, 11) is 0. The van der Waals surface area contributed by atoms with Crippen LogP contribution in [0.4, 0.5) is 0 Å². The Kier molecular flexibility index (Phi) is 4.30. The number of rotatable bonds is 3. The first-order chi connectivity index (χ1) is 7.86. The molecule has 0 saturated heterocycles. The van der Waals surface area contributed by atoms with Crippen molar-refractivity contribution < 1.29 is 4.79 Å². The summed E-state index contributed by atoms with van der Waals surface area (Å²) in [6.45, 7) is 5.11. The van der Waals surface area contributed by atoms with Crippen molar-refractivity contribution in [2.24, 2.45) is 5.41 Å². The van der Waals surface area contributed by atoms with Crippen LogP contribution < -0.4 is 5.32 Å². The van der Waals surface area contributed by atoms with Crippen molar-refractivity contribution in [1.29, 1.82) is 5.26 Å². The van der Waals surface area contributed by atoms with E-state index in [1.807, 2.05) is 37.3 Å². The molecule has 0 spiro atoms. The molecule has 1 amide bonds. The van der Waals surface area contributed by atoms with Crippen LogP contribution >= 0.6 is 15.9 Å². The lowest BCUT2D eigenvalue weighted by Crippen LogP contribution is -2.37. The van der Waals surface area contributed by atoms with E-state index in [0.717, 1.165) is 10.0 Å². The van der Waals surface area contributed by atoms with E-state index in [9.17, 15) is 4.79 Å². The number of hydrogen-bond acceptors (Lipinski definition) is 2. The first-order valence-corrected chi connectivity index (χ1v) is 6.14. The molecule has 0 radical (unpaired) electrons. The molecule has 0 bridgehead atoms. The highest BCUT2D eigenvalue weighted by Crippen LogP contribution is 2.19. The second kappa shape index (κ2) is 5.33. The summed E-state index contributed by atoms with van der Waals surface area (Å²) in [5.41, 5.74) is 0.0131. The van der Waals surface area contributed by atoms with E-state index in [1.165, 1.54) is 0 Å². The second-order valence-corrected chi connectivity index (χ2v) is 5.40. The molecule has 3 nitrogen and oxygen atoms in total. The number of nitriles is 1. The minimum Gasteiger partial charge on any atom is -0.348 e. The topological polar surface area (TPSA) is 52.9 Å². The molecule has 1 N–H and O–H groups in total. The van der Waals surface area contributed by atoms with Crippen LogP contribution in [0.3, 0.4) is 0 Å². The third-order valence-corrected chi connectivity index (χ3v) is 3.09. The van der Waals surface area contributed by atoms with Crippen LogP contribution in [-0.4, -0.2) is 5.91 Å². The average Bonchev–Trinajstić information content (AvgIpc) is 2.29. The fourth-order valence-electron chi connectivity index (χ4n) is 1.26. The zero-order chi connectivity index (χ0) is 13.1. The molecule has 1 atom stereocenters. The number of benzene rings is 1. The maximum absolute atomic E-state index is 11.8. The molecule has 0 aromatic heterocycles. The molecule has 1 aromatic carbocycles. The van der Waals surface area contributed by atoms with Crippen LogP contribution in [0.2, 0.25) is 0 Å². The highest BCUT2D eigenvalue weighted by atomic mass is 79.9. The van der Waals surface area contributed by atoms with Crippen molar-refractivity contribution in [2.75, 3.05) is 0 Å². The summed E-state index contributed by atoms with van der Waals surface area (Å²) < 4.78 is 0.997. The van der Waals surface area contributed by atoms with Gasteiger partial charge in [-0.2, -0.15) is 5.26 Å². The van der Waals surface area contributed by atoms with Crippen LogP contribution in [0.15, 0.2) is 28.7 Å². The summed E-state index contributed by atoms with van der Waals surface area (Å²) in [4.78, 5) is 11.8. The molecule has 17 heavy (non-hydrogen) atoms. The number of amides is 1. The third kappa shape index (κ3) is 3.57. The molecule has 0 fully saturated rings. The number of carbonyl (C=O) groups is 1. The predicted molar refractivity (Wildman–Crippen MR) is 70.1 cm³/mol. The summed E-state index contributed by atoms with van der Waals surface area (Å²) in [6, 6.07) is 9.61. The Morgan fingerprint density at radius 2 is 1.94 bits per heavy atom. The van der Waals surface area contributed by atoms with Crippen molar-refractivity contribution in [3.05, 3.63) is 34.3 Å². The lowest BCUT2D eigenvalue weighted by Gasteiger charge is -2.20. The van der Waals surface area contributed by atoms with Gasteiger partial charge in [0.25, 0.3) is 0 Å². The van der Waals surface area contributed by atoms with Gasteiger partial charge in [-0.15, -0.1) is 0 Å². The van der Waals surface area contributed by atoms with Gasteiger partial charge in [0.15, 0.2) is 0 Å². The van der Waals surface area contributed by atoms with E-state index < -0.39 is 5.41 Å². The second-order valence-electron chi connectivity index (χ2n) is 4.48. The zero-order valence-corrected chi connectivity index (χ0v) is 11.7. The van der Waals surface area contributed by atoms with Crippen LogP contribution in [0, 0.1) is 16.7 Å². The molecule has 0 heterocycles. The molecule has 1 aromatic rings. The summed E-state index contributed by atoms with van der Waals surface area (Å²) in [5, 5.41) is 11.7. The average molecular weight is 295 g/mol. The van der Waals surface area contributed by atoms with Crippen molar-refractivity contribution in [1.82, 2.24) is 5.32 Å². The molecular formula is C13H15BrN2O. The van der Waals surface area contributed by atoms with E-state index in [1.54, 1.807) is 13.8 Å². The molecule has 4 heteroatoms. The minimum atomic E-state index is -0.996. The monoisotopic (exact) mass is 294 g/mol. The van der Waals surface area contributed by atoms with Gasteiger partial charge >= 0.3 is 0 Å². The van der Waals surface area contributed by atoms with Gasteiger partial charge in [-0.25, -0.2) is 0 Å². The Balaban J connectivity index is 2.74. The molecule has 1 rings (SSSR count). The lowest BCUT2D eigenvalue weighted by molar-refractivity contribution is -0.127. The first kappa shape index (κ1) is 13.7. The van der Waals surface area contributed by atoms with Gasteiger partial charge in [-0.3, -0.25) is 4.79 Å². The molecule has 0 aliphatic heterocycles. The maximum atomic E-state index is 11.8. The Labute approximate surface area is 110 Å². The van der Waals surface area contributed by atoms with E-state index >= 15 is 0 Å². The minimum absolute atomic E-state index is 0.108. The normalized spacial score (nSPS) is 12.6. The van der Waals surface area contributed by atoms with Gasteiger partial charge < -0.3 is 5.32 Å². The van der Waals surface area contributed by atoms with E-state index in [4.69, 9.17) is 5.26 Å². The Morgan fingerprint density at radius 1 is 1.41 bits per heavy atom. The van der Waals surface area contributed by atoms with E-state index in [-0.39, 0.29) is 11.9 Å². The maximum Gasteiger partial charge on any atom is 0.240 e. The van der Waals surface area contributed by atoms with Crippen molar-refractivity contribution in [2.45, 2.75) is 26.8 Å². The Morgan fingerprint density at radius 3 is 2.41 bits per heavy atom. The predicted octanol–water partition coefficient (Wildman–Crippen LogP) is 3.18. The number of carbonyl (C=O) groups excluding carboxylic acids is 1. The number of nitrogens with one attached hydrogen (secondary N) is 1. The summed E-state index contributed by atoms with van der Waals surface area (Å²) in [6.07, 6.45) is 0. The number of nitrogens with zero attached hydrogens (tertiary/aromatic N) is 1. The molecule has 0 aliphatic carbocycles. The molecule has 0 aliphatic rings. The van der Waals surface area contributed by atoms with Gasteiger partial charge in [0, 0.05) is 4.47 Å². The Hall–Kier alpha value is -1.34. The number of hydrogen-bond donors (Lipinski definition) is 1. The van der Waals surface area contributed by atoms with Crippen molar-refractivity contribution in [3.63, 3.8) is 0 Å². The molecular weight excluding hydrogens is 280 g/mol. The molecule has 1 unspecified atom stereocenters. The summed E-state index contributed by atoms with van der Waals surface area (Å²) >= 11 is 3.36. The molecule has 0 saturated carbocycles. The van der Waals surface area contributed by atoms with Crippen LogP contribution in [0.25, 0.3) is 0 Å². The first-order valence-electron chi connectivity index (χ1n) is 5.34. The van der Waals surface area contributed by atoms with Gasteiger partial charge in [0.05, 0.1) is 12.1 Å². The number of halogens is 1. The summed E-state index contributed by atoms with van der Waals surface area (Å²) in [5.74, 6) is -0.254. The lowest BCUT2D eigenvalue weighted by atomic mass is 9.94. The van der Waals surface area contributed by atoms with Gasteiger partial charge in [-0.05, 0) is 38.5 Å². The molecule has 90 valence electrons. The quantitative estimate of drug-likeness (QED) is 0.931. The van der Waals surface area contributed by atoms with E-state index in [0.29, 0.717) is 0 Å². The van der Waals surface area contributed by atoms with Gasteiger partial charge in [-0.1, -0.05) is 28.1 Å². The van der Waals surface area contributed by atoms with Gasteiger partial charge in [0.1, 0.15) is 5.41 Å². The van der Waals surface area contributed by atoms with Crippen molar-refractivity contribution >= 4 is 21.8 Å². The highest BCUT2D eigenvalue weighted by molar-refractivity contribution is 9.10. The fourth-order valence-corrected chi connectivity index (χ4v) is 1.53. The zero-order valence-electron chi connectivity index (χ0n) is 10.1. The Bertz CT molecular complexity index is 445. The van der Waals surface area contributed by atoms with E-state index in [2.05, 4.69) is 21.2 Å². The van der Waals surface area contributed by atoms with Crippen molar-refractivity contribution in [3.8, 4) is 6.07 Å². The van der Waals surface area contributed by atoms with Crippen LogP contribution in [0.5, 0.6) is 0 Å². The standard InChI is InChI=1S/C13H15BrN2O/c1-9(10-4-6-11(14)7-5-10)16-12(17)13(2,3)8-15/h4-7,9H,1-3H3,(H,16,17). The van der Waals surface area contributed by atoms with Gasteiger partial charge in [0.2, 0.25) is 5.91 Å². The fraction of sp³-hybridized carbons (Fsp3) is 0.385.